The summed E-state index contributed by atoms with van der Waals surface area (Å²) in [7, 11) is 1.59. The van der Waals surface area contributed by atoms with Crippen LogP contribution in [0.2, 0.25) is 0 Å². The predicted molar refractivity (Wildman–Crippen MR) is 143 cm³/mol. The van der Waals surface area contributed by atoms with Crippen LogP contribution in [0.1, 0.15) is 20.8 Å². The average Bonchev–Trinajstić information content (AvgIpc) is 3.21. The fourth-order valence-corrected chi connectivity index (χ4v) is 3.75. The van der Waals surface area contributed by atoms with Crippen molar-refractivity contribution in [2.75, 3.05) is 17.7 Å². The molecule has 0 bridgehead atoms. The number of aromatic nitrogens is 7. The molecule has 0 atom stereocenters. The maximum absolute atomic E-state index is 13.8. The van der Waals surface area contributed by atoms with Gasteiger partial charge in [0.2, 0.25) is 11.8 Å². The lowest BCUT2D eigenvalue weighted by Gasteiger charge is -2.25. The van der Waals surface area contributed by atoms with Gasteiger partial charge in [-0.1, -0.05) is 12.1 Å². The van der Waals surface area contributed by atoms with Crippen molar-refractivity contribution in [1.29, 1.82) is 0 Å². The molecule has 0 aliphatic carbocycles. The number of nitrogen functional groups attached to an aromatic ring is 1. The Labute approximate surface area is 222 Å². The van der Waals surface area contributed by atoms with Crippen molar-refractivity contribution in [2.24, 2.45) is 0 Å². The first kappa shape index (κ1) is 25.3. The number of hydrogen-bond donors (Lipinski definition) is 1. The monoisotopic (exact) mass is 527 g/mol. The number of nitrogens with two attached hydrogens (primary N) is 1. The van der Waals surface area contributed by atoms with Gasteiger partial charge >= 0.3 is 11.8 Å². The third-order valence-electron chi connectivity index (χ3n) is 5.47. The van der Waals surface area contributed by atoms with E-state index in [9.17, 15) is 9.59 Å². The van der Waals surface area contributed by atoms with Crippen LogP contribution < -0.4 is 21.1 Å². The van der Waals surface area contributed by atoms with Crippen LogP contribution in [0.25, 0.3) is 22.8 Å². The fraction of sp³-hybridized carbons (Fsp3) is 0.192. The number of rotatable bonds is 5. The van der Waals surface area contributed by atoms with Gasteiger partial charge in [0.05, 0.1) is 18.1 Å². The lowest BCUT2D eigenvalue weighted by molar-refractivity contribution is 0.0589. The van der Waals surface area contributed by atoms with Gasteiger partial charge in [0, 0.05) is 25.0 Å². The molecule has 0 saturated heterocycles. The molecule has 13 heteroatoms. The summed E-state index contributed by atoms with van der Waals surface area (Å²) in [5.41, 5.74) is 6.39. The number of amides is 1. The Hall–Kier alpha value is -5.33. The number of ether oxygens (including phenoxy) is 2. The fourth-order valence-electron chi connectivity index (χ4n) is 3.75. The van der Waals surface area contributed by atoms with E-state index in [1.54, 1.807) is 76.5 Å². The summed E-state index contributed by atoms with van der Waals surface area (Å²) in [4.78, 5) is 48.9. The molecular formula is C26H25N9O4. The van der Waals surface area contributed by atoms with Crippen LogP contribution in [-0.2, 0) is 4.74 Å². The Morgan fingerprint density at radius 2 is 1.74 bits per heavy atom. The Morgan fingerprint density at radius 3 is 2.44 bits per heavy atom. The lowest BCUT2D eigenvalue weighted by atomic mass is 10.2. The third kappa shape index (κ3) is 5.09. The topological polar surface area (TPSA) is 156 Å². The van der Waals surface area contributed by atoms with Gasteiger partial charge in [0.1, 0.15) is 17.4 Å². The second kappa shape index (κ2) is 9.85. The summed E-state index contributed by atoms with van der Waals surface area (Å²) < 4.78 is 13.7. The Balaban J connectivity index is 1.57. The summed E-state index contributed by atoms with van der Waals surface area (Å²) in [6, 6.07) is 12.1. The van der Waals surface area contributed by atoms with E-state index < -0.39 is 17.4 Å². The lowest BCUT2D eigenvalue weighted by Crippen LogP contribution is -2.34. The highest BCUT2D eigenvalue weighted by Gasteiger charge is 2.24. The number of hydrogen-bond acceptors (Lipinski definition) is 10. The Kier molecular flexibility index (Phi) is 6.40. The first-order valence-electron chi connectivity index (χ1n) is 11.8. The number of fused-ring (bicyclic) bond motifs is 1. The highest BCUT2D eigenvalue weighted by molar-refractivity contribution is 5.88. The smallest absolute Gasteiger partial charge is 0.414 e. The number of nitrogens with zero attached hydrogens (tertiary/aromatic N) is 8. The predicted octanol–water partition coefficient (Wildman–Crippen LogP) is 3.50. The van der Waals surface area contributed by atoms with Gasteiger partial charge in [-0.05, 0) is 45.0 Å². The molecule has 0 unspecified atom stereocenters. The molecule has 2 N–H and O–H groups in total. The van der Waals surface area contributed by atoms with Crippen LogP contribution in [0.4, 0.5) is 16.3 Å². The van der Waals surface area contributed by atoms with Crippen LogP contribution in [0.3, 0.4) is 0 Å². The number of carbonyl (C=O) groups is 1. The van der Waals surface area contributed by atoms with Crippen molar-refractivity contribution < 1.29 is 14.3 Å². The van der Waals surface area contributed by atoms with E-state index in [0.717, 1.165) is 0 Å². The van der Waals surface area contributed by atoms with E-state index >= 15 is 0 Å². The summed E-state index contributed by atoms with van der Waals surface area (Å²) in [6.07, 6.45) is 5.16. The van der Waals surface area contributed by atoms with Crippen molar-refractivity contribution in [1.82, 2.24) is 34.1 Å². The van der Waals surface area contributed by atoms with Crippen LogP contribution >= 0.6 is 0 Å². The standard InChI is InChI=1S/C26H25N9O4/c1-26(2,3)39-25(37)33(4)16-8-7-9-17(12-16)34-22-20(21(27)31-15-32-22)35(24(34)36)23-29-13-18(14-30-23)38-19-10-5-6-11-28-19/h5-15H,1-4H3,(H2,27,31,32). The van der Waals surface area contributed by atoms with Crippen LogP contribution in [0, 0.1) is 0 Å². The van der Waals surface area contributed by atoms with Crippen LogP contribution in [0.5, 0.6) is 11.6 Å². The summed E-state index contributed by atoms with van der Waals surface area (Å²) in [5.74, 6) is 0.809. The Bertz CT molecular complexity index is 1710. The molecule has 1 aromatic carbocycles. The third-order valence-corrected chi connectivity index (χ3v) is 5.47. The maximum atomic E-state index is 13.8. The molecule has 198 valence electrons. The molecule has 39 heavy (non-hydrogen) atoms. The average molecular weight is 528 g/mol. The minimum atomic E-state index is -0.667. The molecule has 0 spiro atoms. The number of benzene rings is 1. The van der Waals surface area contributed by atoms with E-state index in [1.807, 2.05) is 0 Å². The second-order valence-corrected chi connectivity index (χ2v) is 9.43. The minimum absolute atomic E-state index is 0.0423. The van der Waals surface area contributed by atoms with Gasteiger partial charge < -0.3 is 15.2 Å². The van der Waals surface area contributed by atoms with E-state index in [4.69, 9.17) is 15.2 Å². The quantitative estimate of drug-likeness (QED) is 0.359. The largest absolute Gasteiger partial charge is 0.443 e. The number of pyridine rings is 1. The van der Waals surface area contributed by atoms with Gasteiger partial charge in [0.25, 0.3) is 0 Å². The summed E-state index contributed by atoms with van der Waals surface area (Å²) >= 11 is 0. The molecule has 0 saturated carbocycles. The Morgan fingerprint density at radius 1 is 0.974 bits per heavy atom. The molecule has 0 aliphatic rings. The van der Waals surface area contributed by atoms with E-state index in [-0.39, 0.29) is 22.9 Å². The highest BCUT2D eigenvalue weighted by Crippen LogP contribution is 2.25. The molecule has 4 heterocycles. The first-order valence-corrected chi connectivity index (χ1v) is 11.8. The van der Waals surface area contributed by atoms with Crippen molar-refractivity contribution in [2.45, 2.75) is 26.4 Å². The molecule has 0 fully saturated rings. The number of carbonyl (C=O) groups excluding carboxylic acids is 1. The zero-order valence-electron chi connectivity index (χ0n) is 21.6. The van der Waals surface area contributed by atoms with Crippen molar-refractivity contribution in [3.8, 4) is 23.3 Å². The highest BCUT2D eigenvalue weighted by atomic mass is 16.6. The maximum Gasteiger partial charge on any atom is 0.414 e. The molecular weight excluding hydrogens is 502 g/mol. The minimum Gasteiger partial charge on any atom is -0.443 e. The molecule has 13 nitrogen and oxygen atoms in total. The number of imidazole rings is 1. The summed E-state index contributed by atoms with van der Waals surface area (Å²) in [6.45, 7) is 5.35. The molecule has 5 rings (SSSR count). The number of anilines is 2. The molecule has 4 aromatic heterocycles. The first-order chi connectivity index (χ1) is 18.6. The molecule has 5 aromatic rings. The molecule has 0 aliphatic heterocycles. The van der Waals surface area contributed by atoms with Gasteiger partial charge in [0.15, 0.2) is 17.2 Å². The van der Waals surface area contributed by atoms with E-state index in [2.05, 4.69) is 24.9 Å². The van der Waals surface area contributed by atoms with Crippen LogP contribution in [0.15, 0.2) is 72.2 Å². The van der Waals surface area contributed by atoms with Crippen LogP contribution in [-0.4, -0.2) is 52.8 Å². The normalized spacial score (nSPS) is 11.4. The zero-order valence-corrected chi connectivity index (χ0v) is 21.6. The van der Waals surface area contributed by atoms with Gasteiger partial charge in [-0.2, -0.15) is 0 Å². The van der Waals surface area contributed by atoms with E-state index in [0.29, 0.717) is 23.0 Å². The van der Waals surface area contributed by atoms with E-state index in [1.165, 1.54) is 32.8 Å². The summed E-state index contributed by atoms with van der Waals surface area (Å²) in [5, 5.41) is 0. The van der Waals surface area contributed by atoms with Gasteiger partial charge in [-0.25, -0.2) is 43.6 Å². The van der Waals surface area contributed by atoms with Crippen molar-refractivity contribution in [3.05, 3.63) is 77.9 Å². The molecule has 1 amide bonds. The van der Waals surface area contributed by atoms with Gasteiger partial charge in [-0.3, -0.25) is 4.90 Å². The zero-order chi connectivity index (χ0) is 27.7. The van der Waals surface area contributed by atoms with Gasteiger partial charge in [-0.15, -0.1) is 0 Å². The van der Waals surface area contributed by atoms with Crippen molar-refractivity contribution >= 4 is 28.8 Å². The second-order valence-electron chi connectivity index (χ2n) is 9.43. The molecule has 0 radical (unpaired) electrons. The van der Waals surface area contributed by atoms with Crippen molar-refractivity contribution in [3.63, 3.8) is 0 Å². The SMILES string of the molecule is CN(C(=O)OC(C)(C)C)c1cccc(-n2c(=O)n(-c3ncc(Oc4ccccn4)cn3)c3c(N)ncnc32)c1.